The Labute approximate surface area is 184 Å². The summed E-state index contributed by atoms with van der Waals surface area (Å²) >= 11 is 2.83. The first-order chi connectivity index (χ1) is 14.7. The van der Waals surface area contributed by atoms with E-state index in [0.717, 1.165) is 47.9 Å². The number of hydrogen-bond donors (Lipinski definition) is 1. The molecule has 0 radical (unpaired) electrons. The number of benzene rings is 1. The number of thioether (sulfide) groups is 1. The van der Waals surface area contributed by atoms with E-state index in [2.05, 4.69) is 62.8 Å². The number of anilines is 1. The van der Waals surface area contributed by atoms with Crippen LogP contribution >= 0.6 is 23.1 Å². The molecule has 1 amide bonds. The first-order valence-electron chi connectivity index (χ1n) is 10.2. The van der Waals surface area contributed by atoms with Crippen LogP contribution in [0.2, 0.25) is 0 Å². The highest BCUT2D eigenvalue weighted by atomic mass is 32.2. The quantitative estimate of drug-likeness (QED) is 0.349. The molecule has 4 rings (SSSR count). The molecule has 1 fully saturated rings. The zero-order valence-electron chi connectivity index (χ0n) is 17.0. The van der Waals surface area contributed by atoms with Gasteiger partial charge in [0.1, 0.15) is 5.82 Å². The Hall–Kier alpha value is -2.45. The van der Waals surface area contributed by atoms with Crippen molar-refractivity contribution in [3.63, 3.8) is 0 Å². The molecule has 1 aliphatic rings. The monoisotopic (exact) mass is 439 g/mol. The molecule has 0 unspecified atom stereocenters. The Morgan fingerprint density at radius 3 is 2.83 bits per heavy atom. The van der Waals surface area contributed by atoms with Crippen molar-refractivity contribution in [2.75, 3.05) is 11.1 Å². The smallest absolute Gasteiger partial charge is 0.236 e. The number of aryl methyl sites for hydroxylation is 1. The first kappa shape index (κ1) is 20.8. The van der Waals surface area contributed by atoms with Gasteiger partial charge in [0.15, 0.2) is 10.3 Å². The molecule has 0 aliphatic heterocycles. The molecule has 2 heterocycles. The number of nitrogens with one attached hydrogen (secondary N) is 1. The van der Waals surface area contributed by atoms with E-state index < -0.39 is 0 Å². The predicted molar refractivity (Wildman–Crippen MR) is 123 cm³/mol. The maximum atomic E-state index is 12.4. The minimum Gasteiger partial charge on any atom is -0.302 e. The van der Waals surface area contributed by atoms with Crippen molar-refractivity contribution in [1.29, 1.82) is 0 Å². The third kappa shape index (κ3) is 4.99. The van der Waals surface area contributed by atoms with Crippen LogP contribution in [-0.2, 0) is 17.8 Å². The molecule has 1 N–H and O–H groups in total. The summed E-state index contributed by atoms with van der Waals surface area (Å²) in [7, 11) is 0. The number of carbonyl (C=O) groups is 1. The zero-order valence-corrected chi connectivity index (χ0v) is 18.6. The van der Waals surface area contributed by atoms with Gasteiger partial charge in [-0.25, -0.2) is 4.98 Å². The van der Waals surface area contributed by atoms with Crippen LogP contribution in [0.1, 0.15) is 43.5 Å². The van der Waals surface area contributed by atoms with Crippen molar-refractivity contribution >= 4 is 34.1 Å². The van der Waals surface area contributed by atoms with Crippen LogP contribution in [0.5, 0.6) is 0 Å². The fourth-order valence-electron chi connectivity index (χ4n) is 3.23. The minimum absolute atomic E-state index is 0.0969. The number of carbonyl (C=O) groups excluding carboxylic acids is 1. The lowest BCUT2D eigenvalue weighted by Crippen LogP contribution is -2.14. The van der Waals surface area contributed by atoms with E-state index >= 15 is 0 Å². The van der Waals surface area contributed by atoms with Crippen molar-refractivity contribution in [3.05, 3.63) is 53.7 Å². The van der Waals surface area contributed by atoms with Crippen LogP contribution in [0.15, 0.2) is 47.5 Å². The Kier molecular flexibility index (Phi) is 6.64. The molecular weight excluding hydrogens is 414 g/mol. The number of nitrogens with zero attached hydrogens (tertiary/aromatic N) is 4. The fourth-order valence-corrected chi connectivity index (χ4v) is 4.72. The second kappa shape index (κ2) is 9.57. The van der Waals surface area contributed by atoms with E-state index in [1.807, 2.05) is 11.5 Å². The normalized spacial score (nSPS) is 13.4. The zero-order chi connectivity index (χ0) is 20.9. The van der Waals surface area contributed by atoms with Gasteiger partial charge in [-0.05, 0) is 24.8 Å². The van der Waals surface area contributed by atoms with Crippen molar-refractivity contribution in [2.45, 2.75) is 50.2 Å². The lowest BCUT2D eigenvalue weighted by molar-refractivity contribution is -0.113. The largest absolute Gasteiger partial charge is 0.302 e. The first-order valence-corrected chi connectivity index (χ1v) is 12.1. The molecule has 0 atom stereocenters. The van der Waals surface area contributed by atoms with E-state index in [4.69, 9.17) is 0 Å². The van der Waals surface area contributed by atoms with Crippen LogP contribution in [0.25, 0.3) is 11.3 Å². The summed E-state index contributed by atoms with van der Waals surface area (Å²) in [6.45, 7) is 6.66. The van der Waals surface area contributed by atoms with Crippen LogP contribution < -0.4 is 5.32 Å². The Bertz CT molecular complexity index is 1020. The van der Waals surface area contributed by atoms with E-state index in [1.54, 1.807) is 0 Å². The molecule has 1 aliphatic carbocycles. The summed E-state index contributed by atoms with van der Waals surface area (Å²) in [6, 6.07) is 8.46. The predicted octanol–water partition coefficient (Wildman–Crippen LogP) is 5.15. The van der Waals surface area contributed by atoms with Gasteiger partial charge in [0.25, 0.3) is 0 Å². The standard InChI is InChI=1S/C22H25N5OS2/c1-3-5-15-6-8-16(9-7-15)18-13-29-21(23-18)24-19(28)14-30-22-26-25-20(17-10-11-17)27(22)12-4-2/h4,6-9,13,17H,2-3,5,10-12,14H2,1H3,(H,23,24,28). The van der Waals surface area contributed by atoms with Gasteiger partial charge in [-0.15, -0.1) is 28.1 Å². The molecule has 1 saturated carbocycles. The molecule has 0 bridgehead atoms. The highest BCUT2D eigenvalue weighted by molar-refractivity contribution is 7.99. The molecule has 3 aromatic rings. The number of rotatable bonds is 10. The average Bonchev–Trinajstić information content (AvgIpc) is 3.36. The van der Waals surface area contributed by atoms with Gasteiger partial charge in [0, 0.05) is 23.4 Å². The summed E-state index contributed by atoms with van der Waals surface area (Å²) in [5, 5.41) is 14.8. The van der Waals surface area contributed by atoms with Crippen molar-refractivity contribution in [2.24, 2.45) is 0 Å². The van der Waals surface area contributed by atoms with Crippen molar-refractivity contribution < 1.29 is 4.79 Å². The lowest BCUT2D eigenvalue weighted by atomic mass is 10.1. The SMILES string of the molecule is C=CCn1c(SCC(=O)Nc2nc(-c3ccc(CCC)cc3)cs2)nnc1C1CC1. The van der Waals surface area contributed by atoms with Crippen molar-refractivity contribution in [1.82, 2.24) is 19.7 Å². The molecule has 1 aromatic carbocycles. The average molecular weight is 440 g/mol. The minimum atomic E-state index is -0.0969. The highest BCUT2D eigenvalue weighted by Crippen LogP contribution is 2.40. The topological polar surface area (TPSA) is 72.7 Å². The molecular formula is C22H25N5OS2. The summed E-state index contributed by atoms with van der Waals surface area (Å²) < 4.78 is 2.06. The summed E-state index contributed by atoms with van der Waals surface area (Å²) in [5.41, 5.74) is 3.27. The van der Waals surface area contributed by atoms with Crippen LogP contribution in [-0.4, -0.2) is 31.4 Å². The Balaban J connectivity index is 1.34. The number of allylic oxidation sites excluding steroid dienone is 1. The number of amides is 1. The fraction of sp³-hybridized carbons (Fsp3) is 0.364. The van der Waals surface area contributed by atoms with E-state index in [0.29, 0.717) is 17.6 Å². The Morgan fingerprint density at radius 2 is 2.13 bits per heavy atom. The maximum absolute atomic E-state index is 12.4. The molecule has 6 nitrogen and oxygen atoms in total. The maximum Gasteiger partial charge on any atom is 0.236 e. The molecule has 8 heteroatoms. The number of hydrogen-bond acceptors (Lipinski definition) is 6. The van der Waals surface area contributed by atoms with Crippen LogP contribution in [0.3, 0.4) is 0 Å². The molecule has 0 spiro atoms. The van der Waals surface area contributed by atoms with E-state index in [-0.39, 0.29) is 11.7 Å². The van der Waals surface area contributed by atoms with E-state index in [9.17, 15) is 4.79 Å². The molecule has 156 valence electrons. The van der Waals surface area contributed by atoms with Crippen molar-refractivity contribution in [3.8, 4) is 11.3 Å². The second-order valence-corrected chi connectivity index (χ2v) is 9.14. The van der Waals surface area contributed by atoms with E-state index in [1.165, 1.54) is 28.7 Å². The lowest BCUT2D eigenvalue weighted by Gasteiger charge is -2.06. The second-order valence-electron chi connectivity index (χ2n) is 7.34. The number of aromatic nitrogens is 4. The van der Waals surface area contributed by atoms with Crippen LogP contribution in [0, 0.1) is 0 Å². The van der Waals surface area contributed by atoms with Gasteiger partial charge in [-0.3, -0.25) is 4.79 Å². The summed E-state index contributed by atoms with van der Waals surface area (Å²) in [5.74, 6) is 1.68. The molecule has 0 saturated heterocycles. The highest BCUT2D eigenvalue weighted by Gasteiger charge is 2.30. The molecule has 30 heavy (non-hydrogen) atoms. The third-order valence-electron chi connectivity index (χ3n) is 4.87. The van der Waals surface area contributed by atoms with Gasteiger partial charge in [-0.2, -0.15) is 0 Å². The van der Waals surface area contributed by atoms with Gasteiger partial charge >= 0.3 is 0 Å². The summed E-state index contributed by atoms with van der Waals surface area (Å²) in [4.78, 5) is 17.0. The Morgan fingerprint density at radius 1 is 1.33 bits per heavy atom. The van der Waals surface area contributed by atoms with Gasteiger partial charge in [0.05, 0.1) is 11.4 Å². The van der Waals surface area contributed by atoms with Gasteiger partial charge in [-0.1, -0.05) is 55.4 Å². The van der Waals surface area contributed by atoms with Gasteiger partial charge < -0.3 is 9.88 Å². The number of thiazole rings is 1. The van der Waals surface area contributed by atoms with Gasteiger partial charge in [0.2, 0.25) is 5.91 Å². The van der Waals surface area contributed by atoms with Crippen LogP contribution in [0.4, 0.5) is 5.13 Å². The molecule has 2 aromatic heterocycles. The summed E-state index contributed by atoms with van der Waals surface area (Å²) in [6.07, 6.45) is 6.38. The third-order valence-corrected chi connectivity index (χ3v) is 6.60.